The number of aryl methyl sites for hydroxylation is 2. The van der Waals surface area contributed by atoms with Crippen molar-refractivity contribution in [1.29, 1.82) is 0 Å². The van der Waals surface area contributed by atoms with Crippen LogP contribution >= 0.6 is 0 Å². The second-order valence-electron chi connectivity index (χ2n) is 5.80. The summed E-state index contributed by atoms with van der Waals surface area (Å²) in [5.41, 5.74) is 1.90. The first-order chi connectivity index (χ1) is 10.8. The van der Waals surface area contributed by atoms with Crippen LogP contribution < -0.4 is 5.63 Å². The van der Waals surface area contributed by atoms with Crippen molar-refractivity contribution in [1.82, 2.24) is 4.90 Å². The van der Waals surface area contributed by atoms with E-state index < -0.39 is 5.63 Å². The highest BCUT2D eigenvalue weighted by Gasteiger charge is 2.18. The molecule has 0 fully saturated rings. The fourth-order valence-electron chi connectivity index (χ4n) is 2.56. The number of phenols is 1. The second kappa shape index (κ2) is 6.83. The zero-order valence-corrected chi connectivity index (χ0v) is 13.8. The van der Waals surface area contributed by atoms with E-state index >= 15 is 0 Å². The van der Waals surface area contributed by atoms with E-state index in [1.165, 1.54) is 13.2 Å². The summed E-state index contributed by atoms with van der Waals surface area (Å²) < 4.78 is 9.97. The van der Waals surface area contributed by atoms with E-state index in [0.29, 0.717) is 29.7 Å². The van der Waals surface area contributed by atoms with Gasteiger partial charge in [0.15, 0.2) is 0 Å². The van der Waals surface area contributed by atoms with Crippen LogP contribution in [0.15, 0.2) is 21.3 Å². The predicted molar refractivity (Wildman–Crippen MR) is 86.6 cm³/mol. The maximum Gasteiger partial charge on any atom is 0.336 e. The number of fused-ring (bicyclic) bond motifs is 1. The molecule has 0 atom stereocenters. The second-order valence-corrected chi connectivity index (χ2v) is 5.80. The highest BCUT2D eigenvalue weighted by molar-refractivity contribution is 5.86. The van der Waals surface area contributed by atoms with Crippen molar-refractivity contribution < 1.29 is 19.1 Å². The Hall–Kier alpha value is -2.34. The molecule has 6 heteroatoms. The Morgan fingerprint density at radius 1 is 1.35 bits per heavy atom. The Labute approximate surface area is 134 Å². The van der Waals surface area contributed by atoms with Crippen LogP contribution in [0.3, 0.4) is 0 Å². The minimum Gasteiger partial charge on any atom is -0.507 e. The summed E-state index contributed by atoms with van der Waals surface area (Å²) in [4.78, 5) is 24.9. The van der Waals surface area contributed by atoms with Crippen LogP contribution in [0.1, 0.15) is 23.1 Å². The Balaban J connectivity index is 2.63. The number of hydrogen-bond donors (Lipinski definition) is 1. The smallest absolute Gasteiger partial charge is 0.336 e. The van der Waals surface area contributed by atoms with E-state index in [0.717, 1.165) is 10.9 Å². The lowest BCUT2D eigenvalue weighted by Gasteiger charge is -2.16. The number of nitrogens with zero attached hydrogens (tertiary/aromatic N) is 1. The number of hydrogen-bond acceptors (Lipinski definition) is 6. The number of methoxy groups -OCH3 is 1. The molecule has 0 aliphatic heterocycles. The first kappa shape index (κ1) is 17.0. The molecule has 124 valence electrons. The summed E-state index contributed by atoms with van der Waals surface area (Å²) in [5.74, 6) is -0.279. The summed E-state index contributed by atoms with van der Waals surface area (Å²) in [7, 11) is 5.06. The van der Waals surface area contributed by atoms with Gasteiger partial charge >= 0.3 is 11.6 Å². The number of esters is 1. The number of rotatable bonds is 5. The zero-order valence-electron chi connectivity index (χ0n) is 13.8. The number of carbonyl (C=O) groups excluding carboxylic acids is 1. The quantitative estimate of drug-likeness (QED) is 0.670. The van der Waals surface area contributed by atoms with Gasteiger partial charge in [0, 0.05) is 24.4 Å². The standard InChI is InChI=1S/C17H21NO5/c1-10-7-15(20)23-17-12(10)8-11(5-6-14(19)22-4)16(21)13(17)9-18(2)3/h7-8,21H,5-6,9H2,1-4H3. The Morgan fingerprint density at radius 2 is 2.04 bits per heavy atom. The predicted octanol–water partition coefficient (Wildman–Crippen LogP) is 1.97. The van der Waals surface area contributed by atoms with E-state index in [1.807, 2.05) is 25.9 Å². The lowest BCUT2D eigenvalue weighted by molar-refractivity contribution is -0.140. The maximum atomic E-state index is 11.7. The van der Waals surface area contributed by atoms with E-state index in [2.05, 4.69) is 4.74 Å². The van der Waals surface area contributed by atoms with Crippen LogP contribution in [0.5, 0.6) is 5.75 Å². The SMILES string of the molecule is COC(=O)CCc1cc2c(C)cc(=O)oc2c(CN(C)C)c1O. The molecule has 23 heavy (non-hydrogen) atoms. The molecule has 6 nitrogen and oxygen atoms in total. The topological polar surface area (TPSA) is 80.0 Å². The van der Waals surface area contributed by atoms with Crippen LogP contribution in [-0.2, 0) is 22.5 Å². The molecule has 0 amide bonds. The van der Waals surface area contributed by atoms with E-state index in [1.54, 1.807) is 6.07 Å². The number of aromatic hydroxyl groups is 1. The third-order valence-electron chi connectivity index (χ3n) is 3.69. The molecule has 0 spiro atoms. The summed E-state index contributed by atoms with van der Waals surface area (Å²) in [6.45, 7) is 2.24. The molecule has 2 rings (SSSR count). The summed E-state index contributed by atoms with van der Waals surface area (Å²) in [6.07, 6.45) is 0.528. The van der Waals surface area contributed by atoms with Crippen LogP contribution in [0.2, 0.25) is 0 Å². The molecule has 1 aromatic carbocycles. The summed E-state index contributed by atoms with van der Waals surface area (Å²) >= 11 is 0. The molecular formula is C17H21NO5. The molecule has 0 aliphatic carbocycles. The van der Waals surface area contributed by atoms with Gasteiger partial charge in [-0.15, -0.1) is 0 Å². The number of carbonyl (C=O) groups is 1. The normalized spacial score (nSPS) is 11.2. The molecule has 0 saturated heterocycles. The highest BCUT2D eigenvalue weighted by Crippen LogP contribution is 2.33. The average molecular weight is 319 g/mol. The molecule has 2 aromatic rings. The minimum absolute atomic E-state index is 0.0591. The van der Waals surface area contributed by atoms with Crippen LogP contribution in [0.25, 0.3) is 11.0 Å². The third-order valence-corrected chi connectivity index (χ3v) is 3.69. The largest absolute Gasteiger partial charge is 0.507 e. The fraction of sp³-hybridized carbons (Fsp3) is 0.412. The Morgan fingerprint density at radius 3 is 2.65 bits per heavy atom. The molecule has 0 radical (unpaired) electrons. The van der Waals surface area contributed by atoms with E-state index in [4.69, 9.17) is 4.42 Å². The molecule has 1 N–H and O–H groups in total. The van der Waals surface area contributed by atoms with E-state index in [-0.39, 0.29) is 18.1 Å². The molecule has 0 unspecified atom stereocenters. The number of phenolic OH excluding ortho intramolecular Hbond substituents is 1. The van der Waals surface area contributed by atoms with Gasteiger partial charge in [0.2, 0.25) is 0 Å². The van der Waals surface area contributed by atoms with Gasteiger partial charge in [-0.1, -0.05) is 0 Å². The van der Waals surface area contributed by atoms with Crippen molar-refractivity contribution in [3.05, 3.63) is 39.2 Å². The van der Waals surface area contributed by atoms with Gasteiger partial charge in [-0.3, -0.25) is 4.79 Å². The molecule has 1 heterocycles. The van der Waals surface area contributed by atoms with Crippen molar-refractivity contribution in [2.24, 2.45) is 0 Å². The molecule has 0 saturated carbocycles. The van der Waals surface area contributed by atoms with Crippen LogP contribution in [-0.4, -0.2) is 37.2 Å². The Bertz CT molecular complexity index is 792. The third kappa shape index (κ3) is 3.71. The first-order valence-electron chi connectivity index (χ1n) is 7.33. The minimum atomic E-state index is -0.447. The maximum absolute atomic E-state index is 11.7. The van der Waals surface area contributed by atoms with Crippen molar-refractivity contribution in [3.63, 3.8) is 0 Å². The highest BCUT2D eigenvalue weighted by atomic mass is 16.5. The van der Waals surface area contributed by atoms with Crippen LogP contribution in [0.4, 0.5) is 0 Å². The molecule has 1 aromatic heterocycles. The van der Waals surface area contributed by atoms with Gasteiger partial charge in [-0.2, -0.15) is 0 Å². The van der Waals surface area contributed by atoms with Crippen LogP contribution in [0, 0.1) is 6.92 Å². The molecular weight excluding hydrogens is 298 g/mol. The first-order valence-corrected chi connectivity index (χ1v) is 7.33. The van der Waals surface area contributed by atoms with Crippen molar-refractivity contribution in [2.75, 3.05) is 21.2 Å². The fourth-order valence-corrected chi connectivity index (χ4v) is 2.56. The number of ether oxygens (including phenoxy) is 1. The lowest BCUT2D eigenvalue weighted by atomic mass is 9.98. The van der Waals surface area contributed by atoms with Gasteiger partial charge in [0.1, 0.15) is 11.3 Å². The lowest BCUT2D eigenvalue weighted by Crippen LogP contribution is -2.13. The molecule has 0 aliphatic rings. The number of benzene rings is 1. The van der Waals surface area contributed by atoms with Crippen molar-refractivity contribution >= 4 is 16.9 Å². The monoisotopic (exact) mass is 319 g/mol. The summed E-state index contributed by atoms with van der Waals surface area (Å²) in [6, 6.07) is 3.19. The van der Waals surface area contributed by atoms with Crippen molar-refractivity contribution in [3.8, 4) is 5.75 Å². The van der Waals surface area contributed by atoms with Gasteiger partial charge in [-0.05, 0) is 44.6 Å². The van der Waals surface area contributed by atoms with Gasteiger partial charge < -0.3 is 19.2 Å². The van der Waals surface area contributed by atoms with Gasteiger partial charge in [0.05, 0.1) is 12.7 Å². The van der Waals surface area contributed by atoms with Gasteiger partial charge in [0.25, 0.3) is 0 Å². The van der Waals surface area contributed by atoms with Crippen molar-refractivity contribution in [2.45, 2.75) is 26.3 Å². The van der Waals surface area contributed by atoms with E-state index in [9.17, 15) is 14.7 Å². The summed E-state index contributed by atoms with van der Waals surface area (Å²) in [5, 5.41) is 11.3. The average Bonchev–Trinajstić information content (AvgIpc) is 2.48. The zero-order chi connectivity index (χ0) is 17.1. The van der Waals surface area contributed by atoms with Gasteiger partial charge in [-0.25, -0.2) is 4.79 Å². The Kier molecular flexibility index (Phi) is 5.05. The molecule has 0 bridgehead atoms.